The molecule has 1 fully saturated rings. The maximum Gasteiger partial charge on any atom is 0.149 e. The van der Waals surface area contributed by atoms with Crippen LogP contribution in [0.1, 0.15) is 39.5 Å². The maximum atomic E-state index is 11.7. The van der Waals surface area contributed by atoms with Gasteiger partial charge in [-0.25, -0.2) is 0 Å². The molecule has 0 bridgehead atoms. The maximum absolute atomic E-state index is 11.7. The van der Waals surface area contributed by atoms with E-state index in [4.69, 9.17) is 0 Å². The summed E-state index contributed by atoms with van der Waals surface area (Å²) in [4.78, 5) is 11.7. The summed E-state index contributed by atoms with van der Waals surface area (Å²) in [6.07, 6.45) is 3.57. The number of carbonyl (C=O) groups is 1. The highest BCUT2D eigenvalue weighted by molar-refractivity contribution is 7.85. The summed E-state index contributed by atoms with van der Waals surface area (Å²) < 4.78 is 11.2. The molecule has 1 heterocycles. The molecule has 1 atom stereocenters. The van der Waals surface area contributed by atoms with Crippen LogP contribution >= 0.6 is 0 Å². The number of hydrogen-bond acceptors (Lipinski definition) is 3. The van der Waals surface area contributed by atoms with Gasteiger partial charge in [-0.3, -0.25) is 9.00 Å². The fourth-order valence-electron chi connectivity index (χ4n) is 2.23. The van der Waals surface area contributed by atoms with E-state index in [0.29, 0.717) is 18.1 Å². The predicted octanol–water partition coefficient (Wildman–Crippen LogP) is 1.49. The summed E-state index contributed by atoms with van der Waals surface area (Å²) in [5, 5.41) is 3.27. The molecule has 0 aromatic rings. The van der Waals surface area contributed by atoms with Gasteiger partial charge in [-0.15, -0.1) is 0 Å². The fraction of sp³-hybridized carbons (Fsp3) is 0.917. The van der Waals surface area contributed by atoms with Gasteiger partial charge < -0.3 is 5.32 Å². The Kier molecular flexibility index (Phi) is 6.21. The Morgan fingerprint density at radius 3 is 2.50 bits per heavy atom. The third kappa shape index (κ3) is 4.34. The van der Waals surface area contributed by atoms with Gasteiger partial charge in [0.05, 0.1) is 6.04 Å². The number of Topliss-reactive ketones (excluding diaryl/α,β-unsaturated/α-hetero) is 1. The largest absolute Gasteiger partial charge is 0.308 e. The van der Waals surface area contributed by atoms with Crippen molar-refractivity contribution in [1.82, 2.24) is 5.32 Å². The minimum absolute atomic E-state index is 0.0199. The topological polar surface area (TPSA) is 46.2 Å². The van der Waals surface area contributed by atoms with Crippen LogP contribution in [-0.2, 0) is 15.6 Å². The fourth-order valence-corrected chi connectivity index (χ4v) is 3.63. The summed E-state index contributed by atoms with van der Waals surface area (Å²) in [5.74, 6) is 2.54. The molecule has 0 saturated carbocycles. The molecule has 1 saturated heterocycles. The van der Waals surface area contributed by atoms with Crippen molar-refractivity contribution in [2.24, 2.45) is 5.92 Å². The molecule has 0 amide bonds. The molecule has 4 heteroatoms. The lowest BCUT2D eigenvalue weighted by molar-refractivity contribution is -0.121. The number of likely N-dealkylation sites (N-methyl/N-ethyl adjacent to an activating group) is 1. The Labute approximate surface area is 101 Å². The van der Waals surface area contributed by atoms with Crippen LogP contribution in [0.3, 0.4) is 0 Å². The molecule has 0 spiro atoms. The Balaban J connectivity index is 2.41. The van der Waals surface area contributed by atoms with E-state index in [1.54, 1.807) is 0 Å². The van der Waals surface area contributed by atoms with Crippen molar-refractivity contribution in [2.45, 2.75) is 45.6 Å². The Hall–Kier alpha value is -0.220. The average Bonchev–Trinajstić information content (AvgIpc) is 2.30. The second-order valence-corrected chi connectivity index (χ2v) is 6.15. The van der Waals surface area contributed by atoms with Crippen LogP contribution in [0.15, 0.2) is 0 Å². The smallest absolute Gasteiger partial charge is 0.149 e. The van der Waals surface area contributed by atoms with E-state index >= 15 is 0 Å². The number of ketones is 1. The first-order valence-electron chi connectivity index (χ1n) is 6.28. The monoisotopic (exact) mass is 245 g/mol. The molecule has 1 N–H and O–H groups in total. The molecule has 0 aromatic carbocycles. The summed E-state index contributed by atoms with van der Waals surface area (Å²) in [7, 11) is -0.597. The Bertz CT molecular complexity index is 245. The quantitative estimate of drug-likeness (QED) is 0.771. The minimum Gasteiger partial charge on any atom is -0.308 e. The van der Waals surface area contributed by atoms with Crippen molar-refractivity contribution in [3.63, 3.8) is 0 Å². The summed E-state index contributed by atoms with van der Waals surface area (Å²) in [6, 6.07) is 0.0199. The molecule has 3 nitrogen and oxygen atoms in total. The first-order chi connectivity index (χ1) is 7.67. The molecule has 0 aromatic heterocycles. The second-order valence-electron chi connectivity index (χ2n) is 4.46. The highest BCUT2D eigenvalue weighted by Crippen LogP contribution is 2.22. The minimum atomic E-state index is -0.597. The molecule has 0 radical (unpaired) electrons. The van der Waals surface area contributed by atoms with E-state index in [1.165, 1.54) is 0 Å². The van der Waals surface area contributed by atoms with E-state index < -0.39 is 10.8 Å². The zero-order valence-corrected chi connectivity index (χ0v) is 11.1. The van der Waals surface area contributed by atoms with Gasteiger partial charge >= 0.3 is 0 Å². The molecule has 0 aliphatic carbocycles. The van der Waals surface area contributed by atoms with E-state index in [9.17, 15) is 9.00 Å². The third-order valence-electron chi connectivity index (χ3n) is 3.26. The van der Waals surface area contributed by atoms with Gasteiger partial charge in [-0.2, -0.15) is 0 Å². The molecule has 16 heavy (non-hydrogen) atoms. The van der Waals surface area contributed by atoms with Crippen molar-refractivity contribution in [2.75, 3.05) is 18.1 Å². The van der Waals surface area contributed by atoms with Crippen molar-refractivity contribution >= 4 is 16.6 Å². The van der Waals surface area contributed by atoms with Gasteiger partial charge in [-0.1, -0.05) is 13.8 Å². The summed E-state index contributed by atoms with van der Waals surface area (Å²) in [6.45, 7) is 4.80. The normalized spacial score (nSPS) is 27.6. The predicted molar refractivity (Wildman–Crippen MR) is 68.0 cm³/mol. The molecular formula is C12H23NO2S. The van der Waals surface area contributed by atoms with Crippen LogP contribution < -0.4 is 5.32 Å². The van der Waals surface area contributed by atoms with Crippen molar-refractivity contribution in [1.29, 1.82) is 0 Å². The first kappa shape index (κ1) is 13.8. The molecular weight excluding hydrogens is 222 g/mol. The highest BCUT2D eigenvalue weighted by atomic mass is 32.2. The SMILES string of the molecule is CCNC(CC1CCS(=O)CC1)C(=O)CC. The lowest BCUT2D eigenvalue weighted by Gasteiger charge is -2.25. The number of carbonyl (C=O) groups excluding carboxylic acids is 1. The standard InChI is InChI=1S/C12H23NO2S/c1-3-12(14)11(13-4-2)9-10-5-7-16(15)8-6-10/h10-11,13H,3-9H2,1-2H3. The average molecular weight is 245 g/mol. The zero-order chi connectivity index (χ0) is 12.0. The van der Waals surface area contributed by atoms with Gasteiger partial charge in [0.2, 0.25) is 0 Å². The molecule has 1 aliphatic rings. The number of hydrogen-bond donors (Lipinski definition) is 1. The first-order valence-corrected chi connectivity index (χ1v) is 7.77. The van der Waals surface area contributed by atoms with Crippen molar-refractivity contribution in [3.05, 3.63) is 0 Å². The summed E-state index contributed by atoms with van der Waals surface area (Å²) in [5.41, 5.74) is 0. The van der Waals surface area contributed by atoms with Crippen LogP contribution in [0, 0.1) is 5.92 Å². The second kappa shape index (κ2) is 7.17. The van der Waals surface area contributed by atoms with E-state index in [2.05, 4.69) is 5.32 Å². The van der Waals surface area contributed by atoms with E-state index in [1.807, 2.05) is 13.8 Å². The Morgan fingerprint density at radius 2 is 2.00 bits per heavy atom. The molecule has 1 aliphatic heterocycles. The lowest BCUT2D eigenvalue weighted by atomic mass is 9.92. The zero-order valence-electron chi connectivity index (χ0n) is 10.3. The van der Waals surface area contributed by atoms with E-state index in [0.717, 1.165) is 37.3 Å². The van der Waals surface area contributed by atoms with E-state index in [-0.39, 0.29) is 6.04 Å². The van der Waals surface area contributed by atoms with Crippen LogP contribution in [-0.4, -0.2) is 34.1 Å². The van der Waals surface area contributed by atoms with Crippen molar-refractivity contribution in [3.8, 4) is 0 Å². The summed E-state index contributed by atoms with van der Waals surface area (Å²) >= 11 is 0. The third-order valence-corrected chi connectivity index (χ3v) is 4.65. The molecule has 1 unspecified atom stereocenters. The molecule has 94 valence electrons. The van der Waals surface area contributed by atoms with Gasteiger partial charge in [0, 0.05) is 28.7 Å². The van der Waals surface area contributed by atoms with Gasteiger partial charge in [-0.05, 0) is 31.7 Å². The van der Waals surface area contributed by atoms with Crippen LogP contribution in [0.2, 0.25) is 0 Å². The molecule has 1 rings (SSSR count). The van der Waals surface area contributed by atoms with Gasteiger partial charge in [0.15, 0.2) is 0 Å². The van der Waals surface area contributed by atoms with Gasteiger partial charge in [0.25, 0.3) is 0 Å². The highest BCUT2D eigenvalue weighted by Gasteiger charge is 2.24. The number of rotatable bonds is 6. The van der Waals surface area contributed by atoms with Crippen LogP contribution in [0.25, 0.3) is 0 Å². The number of nitrogens with one attached hydrogen (secondary N) is 1. The van der Waals surface area contributed by atoms with Crippen LogP contribution in [0.4, 0.5) is 0 Å². The lowest BCUT2D eigenvalue weighted by Crippen LogP contribution is -2.39. The van der Waals surface area contributed by atoms with Gasteiger partial charge in [0.1, 0.15) is 5.78 Å². The van der Waals surface area contributed by atoms with Crippen LogP contribution in [0.5, 0.6) is 0 Å². The van der Waals surface area contributed by atoms with Crippen molar-refractivity contribution < 1.29 is 9.00 Å². The Morgan fingerprint density at radius 1 is 1.38 bits per heavy atom.